The van der Waals surface area contributed by atoms with Crippen LogP contribution >= 0.6 is 0 Å². The van der Waals surface area contributed by atoms with Gasteiger partial charge in [0.2, 0.25) is 0 Å². The van der Waals surface area contributed by atoms with Crippen molar-refractivity contribution in [3.8, 4) is 34.0 Å². The Hall–Kier alpha value is -4.20. The molecule has 0 aliphatic heterocycles. The molecule has 1 N–H and O–H groups in total. The molecular weight excluding hydrogens is 424 g/mol. The standard InChI is InChI=1S/C26H26N8/c1-3-4-13-24-28-26(20-10-6-5-9-18(20)2)34(31-24)17-19-14-15-23(27-16-19)21-11-7-8-12-22(21)25-29-32-33-30-25/h5-12,14-16H,3-4,13,17H2,1-2H3,(H,29,30,32,33). The highest BCUT2D eigenvalue weighted by Crippen LogP contribution is 2.28. The van der Waals surface area contributed by atoms with Crippen molar-refractivity contribution >= 4 is 0 Å². The maximum atomic E-state index is 4.89. The van der Waals surface area contributed by atoms with E-state index in [0.29, 0.717) is 12.4 Å². The number of nitrogens with zero attached hydrogens (tertiary/aromatic N) is 7. The SMILES string of the molecule is CCCCc1nc(-c2ccccc2C)n(Cc2ccc(-c3ccccc3-c3nnn[nH]3)nc2)n1. The fourth-order valence-corrected chi connectivity index (χ4v) is 4.00. The molecule has 8 heteroatoms. The van der Waals surface area contributed by atoms with Crippen LogP contribution in [-0.4, -0.2) is 40.4 Å². The number of tetrazole rings is 1. The zero-order valence-corrected chi connectivity index (χ0v) is 19.3. The highest BCUT2D eigenvalue weighted by Gasteiger charge is 2.15. The summed E-state index contributed by atoms with van der Waals surface area (Å²) in [5.74, 6) is 2.40. The van der Waals surface area contributed by atoms with E-state index in [9.17, 15) is 0 Å². The molecule has 0 aliphatic rings. The second-order valence-electron chi connectivity index (χ2n) is 8.27. The second kappa shape index (κ2) is 9.74. The Morgan fingerprint density at radius 2 is 1.71 bits per heavy atom. The highest BCUT2D eigenvalue weighted by molar-refractivity contribution is 5.78. The van der Waals surface area contributed by atoms with Crippen LogP contribution in [0, 0.1) is 6.92 Å². The topological polar surface area (TPSA) is 98.1 Å². The van der Waals surface area contributed by atoms with Gasteiger partial charge in [-0.1, -0.05) is 67.9 Å². The second-order valence-corrected chi connectivity index (χ2v) is 8.27. The number of benzene rings is 2. The summed E-state index contributed by atoms with van der Waals surface area (Å²) < 4.78 is 2.00. The van der Waals surface area contributed by atoms with E-state index >= 15 is 0 Å². The van der Waals surface area contributed by atoms with Gasteiger partial charge in [0.05, 0.1) is 12.2 Å². The van der Waals surface area contributed by atoms with Crippen molar-refractivity contribution in [1.29, 1.82) is 0 Å². The number of H-pyrrole nitrogens is 1. The Balaban J connectivity index is 1.45. The average molecular weight is 451 g/mol. The van der Waals surface area contributed by atoms with Crippen LogP contribution in [0.2, 0.25) is 0 Å². The van der Waals surface area contributed by atoms with E-state index in [-0.39, 0.29) is 0 Å². The molecule has 0 unspecified atom stereocenters. The lowest BCUT2D eigenvalue weighted by Gasteiger charge is -2.10. The maximum absolute atomic E-state index is 4.89. The maximum Gasteiger partial charge on any atom is 0.180 e. The molecule has 170 valence electrons. The van der Waals surface area contributed by atoms with Crippen molar-refractivity contribution in [2.24, 2.45) is 0 Å². The molecule has 3 aromatic heterocycles. The first-order chi connectivity index (χ1) is 16.7. The van der Waals surface area contributed by atoms with Gasteiger partial charge in [0.1, 0.15) is 0 Å². The first kappa shape index (κ1) is 21.6. The third-order valence-electron chi connectivity index (χ3n) is 5.82. The van der Waals surface area contributed by atoms with Gasteiger partial charge in [-0.05, 0) is 41.0 Å². The third kappa shape index (κ3) is 4.47. The minimum atomic E-state index is 0.601. The molecule has 3 heterocycles. The third-order valence-corrected chi connectivity index (χ3v) is 5.82. The van der Waals surface area contributed by atoms with E-state index in [2.05, 4.69) is 52.7 Å². The quantitative estimate of drug-likeness (QED) is 0.362. The van der Waals surface area contributed by atoms with Crippen molar-refractivity contribution in [2.45, 2.75) is 39.7 Å². The van der Waals surface area contributed by atoms with E-state index in [1.807, 2.05) is 53.3 Å². The van der Waals surface area contributed by atoms with Crippen LogP contribution in [0.1, 0.15) is 36.7 Å². The Morgan fingerprint density at radius 1 is 0.912 bits per heavy atom. The number of aryl methyl sites for hydroxylation is 2. The van der Waals surface area contributed by atoms with Crippen LogP contribution in [0.25, 0.3) is 34.0 Å². The molecule has 2 aromatic carbocycles. The molecule has 0 saturated carbocycles. The lowest BCUT2D eigenvalue weighted by molar-refractivity contribution is 0.664. The van der Waals surface area contributed by atoms with Gasteiger partial charge in [-0.3, -0.25) is 4.98 Å². The number of aromatic nitrogens is 8. The van der Waals surface area contributed by atoms with Crippen molar-refractivity contribution in [1.82, 2.24) is 40.4 Å². The molecule has 0 saturated heterocycles. The fraction of sp³-hybridized carbons (Fsp3) is 0.231. The molecule has 0 bridgehead atoms. The zero-order valence-electron chi connectivity index (χ0n) is 19.3. The minimum absolute atomic E-state index is 0.601. The molecule has 0 aliphatic carbocycles. The van der Waals surface area contributed by atoms with Gasteiger partial charge in [0.25, 0.3) is 0 Å². The Kier molecular flexibility index (Phi) is 6.20. The summed E-state index contributed by atoms with van der Waals surface area (Å²) in [5.41, 5.74) is 6.09. The molecule has 34 heavy (non-hydrogen) atoms. The van der Waals surface area contributed by atoms with E-state index in [1.165, 1.54) is 5.56 Å². The fourth-order valence-electron chi connectivity index (χ4n) is 4.00. The predicted octanol–water partition coefficient (Wildman–Crippen LogP) is 4.89. The number of hydrogen-bond acceptors (Lipinski definition) is 6. The van der Waals surface area contributed by atoms with Crippen LogP contribution in [0.15, 0.2) is 66.9 Å². The molecule has 8 nitrogen and oxygen atoms in total. The molecule has 0 amide bonds. The van der Waals surface area contributed by atoms with E-state index in [1.54, 1.807) is 0 Å². The molecule has 5 aromatic rings. The Bertz CT molecular complexity index is 1370. The monoisotopic (exact) mass is 450 g/mol. The summed E-state index contributed by atoms with van der Waals surface area (Å²) >= 11 is 0. The summed E-state index contributed by atoms with van der Waals surface area (Å²) in [6.45, 7) is 4.89. The average Bonchev–Trinajstić information content (AvgIpc) is 3.54. The molecule has 0 radical (unpaired) electrons. The molecule has 5 rings (SSSR count). The normalized spacial score (nSPS) is 11.1. The Morgan fingerprint density at radius 3 is 2.41 bits per heavy atom. The molecule has 0 spiro atoms. The first-order valence-corrected chi connectivity index (χ1v) is 11.5. The lowest BCUT2D eigenvalue weighted by atomic mass is 10.0. The number of rotatable bonds is 8. The van der Waals surface area contributed by atoms with Crippen LogP contribution in [-0.2, 0) is 13.0 Å². The number of pyridine rings is 1. The summed E-state index contributed by atoms with van der Waals surface area (Å²) in [7, 11) is 0. The van der Waals surface area contributed by atoms with E-state index in [0.717, 1.165) is 58.9 Å². The van der Waals surface area contributed by atoms with Crippen molar-refractivity contribution in [3.05, 3.63) is 83.8 Å². The van der Waals surface area contributed by atoms with Gasteiger partial charge < -0.3 is 0 Å². The highest BCUT2D eigenvalue weighted by atomic mass is 15.5. The summed E-state index contributed by atoms with van der Waals surface area (Å²) in [6.07, 6.45) is 4.98. The predicted molar refractivity (Wildman–Crippen MR) is 131 cm³/mol. The summed E-state index contributed by atoms with van der Waals surface area (Å²) in [5, 5.41) is 19.1. The van der Waals surface area contributed by atoms with Gasteiger partial charge in [-0.15, -0.1) is 5.10 Å². The van der Waals surface area contributed by atoms with Gasteiger partial charge in [0, 0.05) is 29.3 Å². The van der Waals surface area contributed by atoms with E-state index in [4.69, 9.17) is 15.1 Å². The van der Waals surface area contributed by atoms with Crippen LogP contribution < -0.4 is 0 Å². The van der Waals surface area contributed by atoms with Gasteiger partial charge in [-0.2, -0.15) is 5.10 Å². The zero-order chi connectivity index (χ0) is 23.3. The molecule has 0 atom stereocenters. The largest absolute Gasteiger partial charge is 0.256 e. The van der Waals surface area contributed by atoms with Crippen molar-refractivity contribution in [2.75, 3.05) is 0 Å². The number of unbranched alkanes of at least 4 members (excludes halogenated alkanes) is 1. The smallest absolute Gasteiger partial charge is 0.180 e. The van der Waals surface area contributed by atoms with Gasteiger partial charge in [0.15, 0.2) is 17.5 Å². The van der Waals surface area contributed by atoms with E-state index < -0.39 is 0 Å². The van der Waals surface area contributed by atoms with Gasteiger partial charge >= 0.3 is 0 Å². The Labute approximate surface area is 198 Å². The van der Waals surface area contributed by atoms with Crippen molar-refractivity contribution in [3.63, 3.8) is 0 Å². The number of aromatic amines is 1. The van der Waals surface area contributed by atoms with Crippen LogP contribution in [0.4, 0.5) is 0 Å². The van der Waals surface area contributed by atoms with Crippen molar-refractivity contribution < 1.29 is 0 Å². The lowest BCUT2D eigenvalue weighted by Crippen LogP contribution is -2.06. The minimum Gasteiger partial charge on any atom is -0.256 e. The first-order valence-electron chi connectivity index (χ1n) is 11.5. The number of hydrogen-bond donors (Lipinski definition) is 1. The summed E-state index contributed by atoms with van der Waals surface area (Å²) in [6, 6.07) is 20.4. The molecule has 0 fully saturated rings. The number of nitrogens with one attached hydrogen (secondary N) is 1. The summed E-state index contributed by atoms with van der Waals surface area (Å²) in [4.78, 5) is 9.64. The van der Waals surface area contributed by atoms with Gasteiger partial charge in [-0.25, -0.2) is 14.8 Å². The molecular formula is C26H26N8. The van der Waals surface area contributed by atoms with Crippen LogP contribution in [0.5, 0.6) is 0 Å². The van der Waals surface area contributed by atoms with Crippen LogP contribution in [0.3, 0.4) is 0 Å².